The maximum atomic E-state index is 12.3. The Labute approximate surface area is 124 Å². The lowest BCUT2D eigenvalue weighted by Gasteiger charge is -2.11. The van der Waals surface area contributed by atoms with Crippen molar-refractivity contribution < 1.29 is 17.7 Å². The summed E-state index contributed by atoms with van der Waals surface area (Å²) in [6, 6.07) is 8.34. The van der Waals surface area contributed by atoms with Gasteiger partial charge in [-0.15, -0.1) is 0 Å². The van der Waals surface area contributed by atoms with Gasteiger partial charge in [0.15, 0.2) is 0 Å². The average molecular weight is 310 g/mol. The number of aromatic nitrogens is 1. The molecule has 7 heteroatoms. The number of sulfonamides is 1. The first-order chi connectivity index (χ1) is 10.0. The van der Waals surface area contributed by atoms with Gasteiger partial charge in [-0.2, -0.15) is 0 Å². The minimum Gasteiger partial charge on any atom is -0.492 e. The van der Waals surface area contributed by atoms with Crippen LogP contribution >= 0.6 is 0 Å². The Morgan fingerprint density at radius 2 is 2.10 bits per heavy atom. The van der Waals surface area contributed by atoms with E-state index in [0.717, 1.165) is 5.69 Å². The molecule has 1 heterocycles. The fraction of sp³-hybridized carbons (Fsp3) is 0.357. The summed E-state index contributed by atoms with van der Waals surface area (Å²) in [7, 11) is -3.61. The summed E-state index contributed by atoms with van der Waals surface area (Å²) < 4.78 is 37.5. The van der Waals surface area contributed by atoms with Crippen LogP contribution in [0.25, 0.3) is 0 Å². The topological polar surface area (TPSA) is 81.4 Å². The molecule has 0 saturated carbocycles. The van der Waals surface area contributed by atoms with Crippen LogP contribution in [0.15, 0.2) is 39.8 Å². The van der Waals surface area contributed by atoms with E-state index in [1.807, 2.05) is 13.8 Å². The van der Waals surface area contributed by atoms with Crippen molar-refractivity contribution >= 4 is 10.0 Å². The first kappa shape index (κ1) is 15.5. The van der Waals surface area contributed by atoms with Gasteiger partial charge in [-0.3, -0.25) is 0 Å². The molecule has 6 nitrogen and oxygen atoms in total. The molecule has 2 rings (SSSR count). The van der Waals surface area contributed by atoms with Crippen LogP contribution in [-0.4, -0.2) is 26.7 Å². The van der Waals surface area contributed by atoms with E-state index >= 15 is 0 Å². The summed E-state index contributed by atoms with van der Waals surface area (Å²) in [4.78, 5) is 0.139. The van der Waals surface area contributed by atoms with Crippen LogP contribution in [0.4, 0.5) is 0 Å². The van der Waals surface area contributed by atoms with Crippen LogP contribution < -0.4 is 9.46 Å². The standard InChI is InChI=1S/C14H18N2O4S/c1-3-19-13-6-4-5-7-14(13)21(17,18)15-9-8-12-10-11(2)16-20-12/h4-7,10,15H,3,8-9H2,1-2H3. The predicted molar refractivity (Wildman–Crippen MR) is 77.7 cm³/mol. The molecule has 0 spiro atoms. The highest BCUT2D eigenvalue weighted by Gasteiger charge is 2.18. The largest absolute Gasteiger partial charge is 0.492 e. The number of aryl methyl sites for hydroxylation is 1. The van der Waals surface area contributed by atoms with E-state index in [4.69, 9.17) is 9.26 Å². The van der Waals surface area contributed by atoms with Crippen molar-refractivity contribution in [2.45, 2.75) is 25.2 Å². The molecule has 114 valence electrons. The molecule has 0 amide bonds. The molecule has 0 atom stereocenters. The Morgan fingerprint density at radius 3 is 2.76 bits per heavy atom. The van der Waals surface area contributed by atoms with Crippen molar-refractivity contribution in [1.82, 2.24) is 9.88 Å². The third-order valence-corrected chi connectivity index (χ3v) is 4.28. The van der Waals surface area contributed by atoms with E-state index in [0.29, 0.717) is 24.5 Å². The molecule has 0 aliphatic carbocycles. The SMILES string of the molecule is CCOc1ccccc1S(=O)(=O)NCCc1cc(C)no1. The van der Waals surface area contributed by atoms with E-state index in [1.54, 1.807) is 24.3 Å². The van der Waals surface area contributed by atoms with Gasteiger partial charge in [-0.1, -0.05) is 17.3 Å². The second-order valence-electron chi connectivity index (χ2n) is 4.46. The Hall–Kier alpha value is -1.86. The van der Waals surface area contributed by atoms with Crippen LogP contribution in [0.5, 0.6) is 5.75 Å². The molecule has 0 aliphatic rings. The van der Waals surface area contributed by atoms with Gasteiger partial charge in [-0.05, 0) is 26.0 Å². The first-order valence-electron chi connectivity index (χ1n) is 6.66. The van der Waals surface area contributed by atoms with Crippen LogP contribution in [-0.2, 0) is 16.4 Å². The van der Waals surface area contributed by atoms with Gasteiger partial charge in [0, 0.05) is 19.0 Å². The number of para-hydroxylation sites is 1. The summed E-state index contributed by atoms with van der Waals surface area (Å²) in [5.41, 5.74) is 0.773. The highest BCUT2D eigenvalue weighted by atomic mass is 32.2. The summed E-state index contributed by atoms with van der Waals surface area (Å²) in [5.74, 6) is 0.997. The van der Waals surface area contributed by atoms with Crippen molar-refractivity contribution in [1.29, 1.82) is 0 Å². The molecule has 21 heavy (non-hydrogen) atoms. The maximum Gasteiger partial charge on any atom is 0.244 e. The minimum atomic E-state index is -3.61. The molecule has 2 aromatic rings. The van der Waals surface area contributed by atoms with Crippen molar-refractivity contribution in [3.8, 4) is 5.75 Å². The van der Waals surface area contributed by atoms with E-state index in [9.17, 15) is 8.42 Å². The Morgan fingerprint density at radius 1 is 1.33 bits per heavy atom. The Kier molecular flexibility index (Phi) is 4.98. The predicted octanol–water partition coefficient (Wildman–Crippen LogP) is 1.90. The van der Waals surface area contributed by atoms with E-state index in [1.165, 1.54) is 6.07 Å². The molecule has 0 bridgehead atoms. The normalized spacial score (nSPS) is 11.5. The Balaban J connectivity index is 2.04. The third kappa shape index (κ3) is 4.05. The first-order valence-corrected chi connectivity index (χ1v) is 8.15. The van der Waals surface area contributed by atoms with E-state index in [-0.39, 0.29) is 11.4 Å². The molecule has 0 unspecified atom stereocenters. The van der Waals surface area contributed by atoms with Gasteiger partial charge in [-0.25, -0.2) is 13.1 Å². The van der Waals surface area contributed by atoms with Crippen molar-refractivity contribution in [2.24, 2.45) is 0 Å². The van der Waals surface area contributed by atoms with Crippen LogP contribution in [0.2, 0.25) is 0 Å². The molecule has 0 saturated heterocycles. The lowest BCUT2D eigenvalue weighted by atomic mass is 10.3. The fourth-order valence-electron chi connectivity index (χ4n) is 1.87. The molecule has 0 aliphatic heterocycles. The van der Waals surface area contributed by atoms with Gasteiger partial charge in [0.1, 0.15) is 16.4 Å². The molecular formula is C14H18N2O4S. The van der Waals surface area contributed by atoms with Gasteiger partial charge >= 0.3 is 0 Å². The highest BCUT2D eigenvalue weighted by Crippen LogP contribution is 2.22. The fourth-order valence-corrected chi connectivity index (χ4v) is 3.04. The second kappa shape index (κ2) is 6.73. The lowest BCUT2D eigenvalue weighted by Crippen LogP contribution is -2.26. The zero-order valence-electron chi connectivity index (χ0n) is 12.0. The average Bonchev–Trinajstić information content (AvgIpc) is 2.85. The number of nitrogens with zero attached hydrogens (tertiary/aromatic N) is 1. The lowest BCUT2D eigenvalue weighted by molar-refractivity contribution is 0.331. The molecular weight excluding hydrogens is 292 g/mol. The monoisotopic (exact) mass is 310 g/mol. The summed E-state index contributed by atoms with van der Waals surface area (Å²) in [6.45, 7) is 4.26. The number of ether oxygens (including phenoxy) is 1. The smallest absolute Gasteiger partial charge is 0.244 e. The molecule has 0 fully saturated rings. The van der Waals surface area contributed by atoms with Gasteiger partial charge < -0.3 is 9.26 Å². The van der Waals surface area contributed by atoms with Crippen molar-refractivity contribution in [3.05, 3.63) is 41.8 Å². The second-order valence-corrected chi connectivity index (χ2v) is 6.20. The number of rotatable bonds is 7. The number of hydrogen-bond acceptors (Lipinski definition) is 5. The quantitative estimate of drug-likeness (QED) is 0.844. The summed E-state index contributed by atoms with van der Waals surface area (Å²) in [5, 5.41) is 3.76. The number of benzene rings is 1. The van der Waals surface area contributed by atoms with Gasteiger partial charge in [0.2, 0.25) is 10.0 Å². The maximum absolute atomic E-state index is 12.3. The summed E-state index contributed by atoms with van der Waals surface area (Å²) in [6.07, 6.45) is 0.441. The zero-order chi connectivity index (χ0) is 15.3. The van der Waals surface area contributed by atoms with Crippen LogP contribution in [0.1, 0.15) is 18.4 Å². The van der Waals surface area contributed by atoms with Crippen molar-refractivity contribution in [2.75, 3.05) is 13.2 Å². The number of nitrogens with one attached hydrogen (secondary N) is 1. The Bertz CT molecular complexity index is 695. The van der Waals surface area contributed by atoms with Gasteiger partial charge in [0.25, 0.3) is 0 Å². The van der Waals surface area contributed by atoms with E-state index < -0.39 is 10.0 Å². The van der Waals surface area contributed by atoms with Crippen molar-refractivity contribution in [3.63, 3.8) is 0 Å². The van der Waals surface area contributed by atoms with Crippen LogP contribution in [0, 0.1) is 6.92 Å². The van der Waals surface area contributed by atoms with Crippen LogP contribution in [0.3, 0.4) is 0 Å². The zero-order valence-corrected chi connectivity index (χ0v) is 12.8. The molecule has 0 radical (unpaired) electrons. The molecule has 1 N–H and O–H groups in total. The molecule has 1 aromatic carbocycles. The number of hydrogen-bond donors (Lipinski definition) is 1. The third-order valence-electron chi connectivity index (χ3n) is 2.78. The molecule has 1 aromatic heterocycles. The highest BCUT2D eigenvalue weighted by molar-refractivity contribution is 7.89. The summed E-state index contributed by atoms with van der Waals surface area (Å²) >= 11 is 0. The van der Waals surface area contributed by atoms with Gasteiger partial charge in [0.05, 0.1) is 12.3 Å². The van der Waals surface area contributed by atoms with E-state index in [2.05, 4.69) is 9.88 Å². The minimum absolute atomic E-state index is 0.139.